The lowest BCUT2D eigenvalue weighted by Gasteiger charge is -2.08. The molecule has 0 aliphatic heterocycles. The second-order valence-electron chi connectivity index (χ2n) is 4.78. The summed E-state index contributed by atoms with van der Waals surface area (Å²) in [5, 5.41) is 4.44. The number of benzene rings is 1. The maximum atomic E-state index is 5.93. The van der Waals surface area contributed by atoms with E-state index in [1.807, 2.05) is 13.1 Å². The summed E-state index contributed by atoms with van der Waals surface area (Å²) in [4.78, 5) is 0. The molecule has 0 saturated carbocycles. The molecule has 2 rings (SSSR count). The lowest BCUT2D eigenvalue weighted by molar-refractivity contribution is 0.587. The third kappa shape index (κ3) is 2.46. The molecule has 18 heavy (non-hydrogen) atoms. The molecule has 0 aliphatic rings. The Morgan fingerprint density at radius 3 is 2.83 bits per heavy atom. The standard InChI is InChI=1S/C15H21N3/c1-4-8-18-12(3)15(10-17-18)14-7-5-6-13(9-14)11(2)16/h5-7,9-11H,4,8,16H2,1-3H3. The quantitative estimate of drug-likeness (QED) is 0.895. The zero-order valence-electron chi connectivity index (χ0n) is 11.4. The number of nitrogens with zero attached hydrogens (tertiary/aromatic N) is 2. The van der Waals surface area contributed by atoms with E-state index in [4.69, 9.17) is 5.73 Å². The first-order valence-corrected chi connectivity index (χ1v) is 6.51. The van der Waals surface area contributed by atoms with Gasteiger partial charge >= 0.3 is 0 Å². The molecule has 1 aromatic heterocycles. The minimum absolute atomic E-state index is 0.0657. The summed E-state index contributed by atoms with van der Waals surface area (Å²) < 4.78 is 2.06. The van der Waals surface area contributed by atoms with Gasteiger partial charge in [-0.2, -0.15) is 5.10 Å². The summed E-state index contributed by atoms with van der Waals surface area (Å²) in [6, 6.07) is 8.47. The normalized spacial score (nSPS) is 12.7. The Labute approximate surface area is 109 Å². The van der Waals surface area contributed by atoms with Crippen molar-refractivity contribution in [1.82, 2.24) is 9.78 Å². The van der Waals surface area contributed by atoms with Crippen molar-refractivity contribution in [3.05, 3.63) is 41.7 Å². The Morgan fingerprint density at radius 2 is 2.17 bits per heavy atom. The molecule has 96 valence electrons. The molecule has 0 radical (unpaired) electrons. The van der Waals surface area contributed by atoms with E-state index in [-0.39, 0.29) is 6.04 Å². The number of hydrogen-bond donors (Lipinski definition) is 1. The van der Waals surface area contributed by atoms with Gasteiger partial charge in [0.05, 0.1) is 6.20 Å². The molecule has 2 aromatic rings. The number of hydrogen-bond acceptors (Lipinski definition) is 2. The lowest BCUT2D eigenvalue weighted by atomic mass is 10.0. The van der Waals surface area contributed by atoms with Gasteiger partial charge in [0.1, 0.15) is 0 Å². The van der Waals surface area contributed by atoms with Crippen LogP contribution in [0.1, 0.15) is 37.6 Å². The van der Waals surface area contributed by atoms with Crippen LogP contribution in [0.2, 0.25) is 0 Å². The Balaban J connectivity index is 2.39. The van der Waals surface area contributed by atoms with Crippen LogP contribution < -0.4 is 5.73 Å². The number of aryl methyl sites for hydroxylation is 1. The average molecular weight is 243 g/mol. The van der Waals surface area contributed by atoms with Crippen molar-refractivity contribution in [2.24, 2.45) is 5.73 Å². The van der Waals surface area contributed by atoms with Crippen LogP contribution in [-0.4, -0.2) is 9.78 Å². The highest BCUT2D eigenvalue weighted by Gasteiger charge is 2.09. The highest BCUT2D eigenvalue weighted by molar-refractivity contribution is 5.66. The van der Waals surface area contributed by atoms with E-state index >= 15 is 0 Å². The molecule has 3 heteroatoms. The molecule has 2 N–H and O–H groups in total. The maximum absolute atomic E-state index is 5.93. The van der Waals surface area contributed by atoms with Crippen LogP contribution in [0.5, 0.6) is 0 Å². The van der Waals surface area contributed by atoms with Crippen molar-refractivity contribution in [1.29, 1.82) is 0 Å². The monoisotopic (exact) mass is 243 g/mol. The summed E-state index contributed by atoms with van der Waals surface area (Å²) in [7, 11) is 0. The molecule has 1 heterocycles. The van der Waals surface area contributed by atoms with Crippen LogP contribution in [0, 0.1) is 6.92 Å². The Morgan fingerprint density at radius 1 is 1.39 bits per heavy atom. The average Bonchev–Trinajstić information content (AvgIpc) is 2.72. The van der Waals surface area contributed by atoms with Crippen LogP contribution in [0.4, 0.5) is 0 Å². The van der Waals surface area contributed by atoms with Crippen molar-refractivity contribution in [2.75, 3.05) is 0 Å². The van der Waals surface area contributed by atoms with E-state index in [0.717, 1.165) is 18.5 Å². The first-order chi connectivity index (χ1) is 8.63. The first-order valence-electron chi connectivity index (χ1n) is 6.51. The van der Waals surface area contributed by atoms with Gasteiger partial charge in [-0.1, -0.05) is 25.1 Å². The first kappa shape index (κ1) is 12.8. The van der Waals surface area contributed by atoms with Crippen LogP contribution in [0.3, 0.4) is 0 Å². The second kappa shape index (κ2) is 5.36. The lowest BCUT2D eigenvalue weighted by Crippen LogP contribution is -2.04. The second-order valence-corrected chi connectivity index (χ2v) is 4.78. The van der Waals surface area contributed by atoms with Gasteiger partial charge < -0.3 is 5.73 Å². The molecule has 0 fully saturated rings. The van der Waals surface area contributed by atoms with Gasteiger partial charge in [0, 0.05) is 23.8 Å². The minimum atomic E-state index is 0.0657. The molecule has 1 unspecified atom stereocenters. The SMILES string of the molecule is CCCn1ncc(-c2cccc(C(C)N)c2)c1C. The zero-order valence-corrected chi connectivity index (χ0v) is 11.4. The molecule has 0 aliphatic carbocycles. The van der Waals surface area contributed by atoms with E-state index in [0.29, 0.717) is 0 Å². The van der Waals surface area contributed by atoms with E-state index in [2.05, 4.69) is 47.9 Å². The van der Waals surface area contributed by atoms with Crippen LogP contribution in [0.15, 0.2) is 30.5 Å². The molecule has 1 aromatic carbocycles. The van der Waals surface area contributed by atoms with Crippen molar-refractivity contribution in [2.45, 2.75) is 39.8 Å². The number of aromatic nitrogens is 2. The minimum Gasteiger partial charge on any atom is -0.324 e. The van der Waals surface area contributed by atoms with E-state index in [1.165, 1.54) is 16.8 Å². The summed E-state index contributed by atoms with van der Waals surface area (Å²) >= 11 is 0. The smallest absolute Gasteiger partial charge is 0.0571 e. The van der Waals surface area contributed by atoms with E-state index in [1.54, 1.807) is 0 Å². The van der Waals surface area contributed by atoms with Gasteiger partial charge in [0.2, 0.25) is 0 Å². The summed E-state index contributed by atoms with van der Waals surface area (Å²) in [6.07, 6.45) is 3.05. The number of rotatable bonds is 4. The zero-order chi connectivity index (χ0) is 13.1. The van der Waals surface area contributed by atoms with Gasteiger partial charge in [-0.25, -0.2) is 0 Å². The molecule has 0 spiro atoms. The predicted molar refractivity (Wildman–Crippen MR) is 75.3 cm³/mol. The van der Waals surface area contributed by atoms with Gasteiger partial charge in [-0.05, 0) is 37.5 Å². The summed E-state index contributed by atoms with van der Waals surface area (Å²) in [6.45, 7) is 7.26. The maximum Gasteiger partial charge on any atom is 0.0571 e. The fraction of sp³-hybridized carbons (Fsp3) is 0.400. The van der Waals surface area contributed by atoms with E-state index in [9.17, 15) is 0 Å². The summed E-state index contributed by atoms with van der Waals surface area (Å²) in [5.41, 5.74) is 10.7. The topological polar surface area (TPSA) is 43.8 Å². The van der Waals surface area contributed by atoms with Crippen LogP contribution in [-0.2, 0) is 6.54 Å². The molecular formula is C15H21N3. The van der Waals surface area contributed by atoms with Crippen LogP contribution in [0.25, 0.3) is 11.1 Å². The van der Waals surface area contributed by atoms with Crippen molar-refractivity contribution in [3.63, 3.8) is 0 Å². The fourth-order valence-corrected chi connectivity index (χ4v) is 2.16. The molecule has 0 amide bonds. The highest BCUT2D eigenvalue weighted by atomic mass is 15.3. The third-order valence-corrected chi connectivity index (χ3v) is 3.26. The van der Waals surface area contributed by atoms with Gasteiger partial charge in [-0.15, -0.1) is 0 Å². The Kier molecular flexibility index (Phi) is 3.82. The molecule has 0 bridgehead atoms. The largest absolute Gasteiger partial charge is 0.324 e. The molecule has 1 atom stereocenters. The van der Waals surface area contributed by atoms with Crippen molar-refractivity contribution < 1.29 is 0 Å². The highest BCUT2D eigenvalue weighted by Crippen LogP contribution is 2.25. The number of nitrogens with two attached hydrogens (primary N) is 1. The predicted octanol–water partition coefficient (Wildman–Crippen LogP) is 3.29. The fourth-order valence-electron chi connectivity index (χ4n) is 2.16. The molecular weight excluding hydrogens is 222 g/mol. The van der Waals surface area contributed by atoms with Gasteiger partial charge in [0.25, 0.3) is 0 Å². The van der Waals surface area contributed by atoms with Crippen LogP contribution >= 0.6 is 0 Å². The van der Waals surface area contributed by atoms with Crippen molar-refractivity contribution >= 4 is 0 Å². The Bertz CT molecular complexity index is 526. The third-order valence-electron chi connectivity index (χ3n) is 3.26. The Hall–Kier alpha value is -1.61. The van der Waals surface area contributed by atoms with Gasteiger partial charge in [0.15, 0.2) is 0 Å². The molecule has 0 saturated heterocycles. The van der Waals surface area contributed by atoms with Crippen molar-refractivity contribution in [3.8, 4) is 11.1 Å². The van der Waals surface area contributed by atoms with Gasteiger partial charge in [-0.3, -0.25) is 4.68 Å². The molecule has 3 nitrogen and oxygen atoms in total. The van der Waals surface area contributed by atoms with E-state index < -0.39 is 0 Å². The summed E-state index contributed by atoms with van der Waals surface area (Å²) in [5.74, 6) is 0.